The van der Waals surface area contributed by atoms with Crippen molar-refractivity contribution < 1.29 is 9.32 Å². The molecule has 0 unspecified atom stereocenters. The predicted molar refractivity (Wildman–Crippen MR) is 90.4 cm³/mol. The van der Waals surface area contributed by atoms with E-state index in [0.29, 0.717) is 11.3 Å². The average Bonchev–Trinajstić information content (AvgIpc) is 3.26. The fourth-order valence-electron chi connectivity index (χ4n) is 2.60. The van der Waals surface area contributed by atoms with Crippen LogP contribution >= 0.6 is 0 Å². The van der Waals surface area contributed by atoms with Crippen LogP contribution in [0.3, 0.4) is 0 Å². The van der Waals surface area contributed by atoms with Crippen LogP contribution in [0.2, 0.25) is 0 Å². The molecule has 0 fully saturated rings. The van der Waals surface area contributed by atoms with Crippen molar-refractivity contribution in [3.63, 3.8) is 0 Å². The first kappa shape index (κ1) is 14.2. The first-order valence-corrected chi connectivity index (χ1v) is 7.52. The van der Waals surface area contributed by atoms with Gasteiger partial charge in [-0.3, -0.25) is 9.89 Å². The van der Waals surface area contributed by atoms with E-state index < -0.39 is 0 Å². The quantitative estimate of drug-likeness (QED) is 0.604. The van der Waals surface area contributed by atoms with Gasteiger partial charge in [-0.2, -0.15) is 5.10 Å². The van der Waals surface area contributed by atoms with Gasteiger partial charge in [0.15, 0.2) is 5.58 Å². The number of carbonyl (C=O) groups excluding carboxylic acids is 1. The number of H-pyrrole nitrogens is 1. The molecule has 0 saturated heterocycles. The summed E-state index contributed by atoms with van der Waals surface area (Å²) in [5.74, 6) is -0.143. The van der Waals surface area contributed by atoms with Gasteiger partial charge in [-0.15, -0.1) is 0 Å². The average molecular weight is 318 g/mol. The Balaban J connectivity index is 1.51. The standard InChI is InChI=1S/C18H14N4O2/c23-18(11-16-14-6-1-2-7-17(14)24-22-16)20-13-5-3-4-12(10-13)15-8-9-19-21-15/h1-10H,11H2,(H,19,21)(H,20,23). The van der Waals surface area contributed by atoms with Gasteiger partial charge >= 0.3 is 0 Å². The molecule has 0 aliphatic heterocycles. The molecule has 4 aromatic rings. The number of carbonyl (C=O) groups is 1. The monoisotopic (exact) mass is 318 g/mol. The van der Waals surface area contributed by atoms with Crippen molar-refractivity contribution in [1.29, 1.82) is 0 Å². The van der Waals surface area contributed by atoms with Gasteiger partial charge in [0.2, 0.25) is 5.91 Å². The second kappa shape index (κ2) is 6.00. The van der Waals surface area contributed by atoms with Crippen LogP contribution in [0.25, 0.3) is 22.2 Å². The Labute approximate surface area is 137 Å². The number of amides is 1. The van der Waals surface area contributed by atoms with Crippen molar-refractivity contribution in [2.45, 2.75) is 6.42 Å². The van der Waals surface area contributed by atoms with Crippen LogP contribution in [-0.4, -0.2) is 21.3 Å². The Bertz CT molecular complexity index is 989. The Morgan fingerprint density at radius 1 is 1.12 bits per heavy atom. The summed E-state index contributed by atoms with van der Waals surface area (Å²) >= 11 is 0. The normalized spacial score (nSPS) is 10.8. The molecular weight excluding hydrogens is 304 g/mol. The number of rotatable bonds is 4. The maximum absolute atomic E-state index is 12.3. The number of anilines is 1. The number of nitrogens with zero attached hydrogens (tertiary/aromatic N) is 2. The van der Waals surface area contributed by atoms with Gasteiger partial charge in [-0.1, -0.05) is 29.4 Å². The fraction of sp³-hybridized carbons (Fsp3) is 0.0556. The first-order valence-electron chi connectivity index (χ1n) is 7.52. The zero-order valence-corrected chi connectivity index (χ0v) is 12.7. The Kier molecular flexibility index (Phi) is 3.55. The lowest BCUT2D eigenvalue weighted by atomic mass is 10.1. The summed E-state index contributed by atoms with van der Waals surface area (Å²) in [6.45, 7) is 0. The van der Waals surface area contributed by atoms with E-state index in [9.17, 15) is 4.79 Å². The van der Waals surface area contributed by atoms with Gasteiger partial charge < -0.3 is 9.84 Å². The highest BCUT2D eigenvalue weighted by atomic mass is 16.5. The van der Waals surface area contributed by atoms with E-state index in [1.54, 1.807) is 6.20 Å². The minimum Gasteiger partial charge on any atom is -0.356 e. The van der Waals surface area contributed by atoms with E-state index >= 15 is 0 Å². The lowest BCUT2D eigenvalue weighted by Crippen LogP contribution is -2.14. The molecule has 2 aromatic carbocycles. The van der Waals surface area contributed by atoms with Crippen LogP contribution in [0.1, 0.15) is 5.69 Å². The molecule has 118 valence electrons. The number of hydrogen-bond acceptors (Lipinski definition) is 4. The number of fused-ring (bicyclic) bond motifs is 1. The highest BCUT2D eigenvalue weighted by Crippen LogP contribution is 2.21. The van der Waals surface area contributed by atoms with Crippen LogP contribution in [0.15, 0.2) is 65.3 Å². The Morgan fingerprint density at radius 3 is 2.92 bits per heavy atom. The largest absolute Gasteiger partial charge is 0.356 e. The lowest BCUT2D eigenvalue weighted by Gasteiger charge is -2.06. The maximum atomic E-state index is 12.3. The van der Waals surface area contributed by atoms with Gasteiger partial charge in [-0.25, -0.2) is 0 Å². The summed E-state index contributed by atoms with van der Waals surface area (Å²) in [6, 6.07) is 17.0. The van der Waals surface area contributed by atoms with Gasteiger partial charge in [0, 0.05) is 22.8 Å². The first-order chi connectivity index (χ1) is 11.8. The molecule has 1 amide bonds. The number of hydrogen-bond donors (Lipinski definition) is 2. The van der Waals surface area contributed by atoms with E-state index in [2.05, 4.69) is 20.7 Å². The van der Waals surface area contributed by atoms with E-state index in [1.165, 1.54) is 0 Å². The van der Waals surface area contributed by atoms with E-state index in [0.717, 1.165) is 22.3 Å². The molecule has 2 aromatic heterocycles. The van der Waals surface area contributed by atoms with E-state index in [-0.39, 0.29) is 12.3 Å². The zero-order chi connectivity index (χ0) is 16.4. The van der Waals surface area contributed by atoms with Crippen molar-refractivity contribution in [2.24, 2.45) is 0 Å². The van der Waals surface area contributed by atoms with Crippen LogP contribution in [0.4, 0.5) is 5.69 Å². The lowest BCUT2D eigenvalue weighted by molar-refractivity contribution is -0.115. The predicted octanol–water partition coefficient (Wildman–Crippen LogP) is 3.40. The fourth-order valence-corrected chi connectivity index (χ4v) is 2.60. The van der Waals surface area contributed by atoms with E-state index in [1.807, 2.05) is 54.6 Å². The molecule has 0 spiro atoms. The van der Waals surface area contributed by atoms with Crippen LogP contribution in [-0.2, 0) is 11.2 Å². The van der Waals surface area contributed by atoms with Crippen LogP contribution in [0, 0.1) is 0 Å². The molecule has 0 aliphatic carbocycles. The summed E-state index contributed by atoms with van der Waals surface area (Å²) in [7, 11) is 0. The third-order valence-electron chi connectivity index (χ3n) is 3.74. The molecule has 0 atom stereocenters. The second-order valence-corrected chi connectivity index (χ2v) is 5.40. The highest BCUT2D eigenvalue weighted by molar-refractivity contribution is 5.95. The molecule has 0 aliphatic rings. The molecule has 0 radical (unpaired) electrons. The Morgan fingerprint density at radius 2 is 2.04 bits per heavy atom. The molecule has 4 rings (SSSR count). The second-order valence-electron chi connectivity index (χ2n) is 5.40. The summed E-state index contributed by atoms with van der Waals surface area (Å²) in [6.07, 6.45) is 1.85. The third kappa shape index (κ3) is 2.77. The number of benzene rings is 2. The minimum absolute atomic E-state index is 0.143. The number of nitrogens with one attached hydrogen (secondary N) is 2. The van der Waals surface area contributed by atoms with E-state index in [4.69, 9.17) is 4.52 Å². The molecule has 2 N–H and O–H groups in total. The van der Waals surface area contributed by atoms with Crippen molar-refractivity contribution in [3.8, 4) is 11.3 Å². The summed E-state index contributed by atoms with van der Waals surface area (Å²) < 4.78 is 5.23. The zero-order valence-electron chi connectivity index (χ0n) is 12.7. The minimum atomic E-state index is -0.143. The molecule has 6 heteroatoms. The van der Waals surface area contributed by atoms with Gasteiger partial charge in [-0.05, 0) is 30.3 Å². The Hall–Kier alpha value is -3.41. The number of aromatic amines is 1. The maximum Gasteiger partial charge on any atom is 0.230 e. The SMILES string of the molecule is O=C(Cc1noc2ccccc12)Nc1cccc(-c2ccn[nH]2)c1. The summed E-state index contributed by atoms with van der Waals surface area (Å²) in [5.41, 5.74) is 3.89. The van der Waals surface area contributed by atoms with Crippen molar-refractivity contribution in [2.75, 3.05) is 5.32 Å². The highest BCUT2D eigenvalue weighted by Gasteiger charge is 2.12. The molecule has 2 heterocycles. The van der Waals surface area contributed by atoms with Gasteiger partial charge in [0.1, 0.15) is 5.69 Å². The number of para-hydroxylation sites is 1. The molecule has 0 saturated carbocycles. The topological polar surface area (TPSA) is 83.8 Å². The van der Waals surface area contributed by atoms with Crippen LogP contribution < -0.4 is 5.32 Å². The summed E-state index contributed by atoms with van der Waals surface area (Å²) in [4.78, 5) is 12.3. The smallest absolute Gasteiger partial charge is 0.230 e. The van der Waals surface area contributed by atoms with Crippen molar-refractivity contribution >= 4 is 22.6 Å². The van der Waals surface area contributed by atoms with Crippen LogP contribution in [0.5, 0.6) is 0 Å². The van der Waals surface area contributed by atoms with Crippen molar-refractivity contribution in [3.05, 3.63) is 66.5 Å². The molecule has 24 heavy (non-hydrogen) atoms. The summed E-state index contributed by atoms with van der Waals surface area (Å²) in [5, 5.41) is 14.6. The third-order valence-corrected chi connectivity index (χ3v) is 3.74. The number of aromatic nitrogens is 3. The van der Waals surface area contributed by atoms with Crippen molar-refractivity contribution in [1.82, 2.24) is 15.4 Å². The molecule has 0 bridgehead atoms. The molecular formula is C18H14N4O2. The molecule has 6 nitrogen and oxygen atoms in total. The van der Waals surface area contributed by atoms with Gasteiger partial charge in [0.25, 0.3) is 0 Å². The van der Waals surface area contributed by atoms with Gasteiger partial charge in [0.05, 0.1) is 12.1 Å².